The number of benzene rings is 1. The fourth-order valence-electron chi connectivity index (χ4n) is 5.86. The first-order valence-corrected chi connectivity index (χ1v) is 12.1. The van der Waals surface area contributed by atoms with Crippen molar-refractivity contribution in [1.82, 2.24) is 24.7 Å². The third kappa shape index (κ3) is 3.66. The predicted molar refractivity (Wildman–Crippen MR) is 129 cm³/mol. The maximum absolute atomic E-state index is 12.9. The Morgan fingerprint density at radius 2 is 2.00 bits per heavy atom. The molecule has 0 saturated carbocycles. The lowest BCUT2D eigenvalue weighted by Gasteiger charge is -2.42. The molecular formula is C25H26ClN5O3. The van der Waals surface area contributed by atoms with Gasteiger partial charge in [-0.15, -0.1) is 0 Å². The molecule has 2 N–H and O–H groups in total. The Balaban J connectivity index is 1.08. The van der Waals surface area contributed by atoms with Gasteiger partial charge < -0.3 is 24.7 Å². The van der Waals surface area contributed by atoms with Gasteiger partial charge in [0.2, 0.25) is 5.91 Å². The van der Waals surface area contributed by atoms with Gasteiger partial charge in [0.15, 0.2) is 0 Å². The largest absolute Gasteiger partial charge is 0.357 e. The second kappa shape index (κ2) is 8.20. The number of nitrogens with one attached hydrogen (secondary N) is 2. The number of piperidine rings is 1. The summed E-state index contributed by atoms with van der Waals surface area (Å²) in [5, 5.41) is 4.63. The minimum absolute atomic E-state index is 0.0223. The van der Waals surface area contributed by atoms with Crippen LogP contribution in [0.25, 0.3) is 10.9 Å². The number of hydrogen-bond donors (Lipinski definition) is 2. The van der Waals surface area contributed by atoms with Crippen LogP contribution in [0.15, 0.2) is 41.2 Å². The number of amides is 3. The van der Waals surface area contributed by atoms with Crippen LogP contribution in [0.3, 0.4) is 0 Å². The Morgan fingerprint density at radius 3 is 2.88 bits per heavy atom. The summed E-state index contributed by atoms with van der Waals surface area (Å²) in [5.41, 5.74) is 4.28. The van der Waals surface area contributed by atoms with Crippen molar-refractivity contribution in [2.45, 2.75) is 31.8 Å². The molecule has 1 fully saturated rings. The van der Waals surface area contributed by atoms with Crippen LogP contribution in [0, 0.1) is 5.92 Å². The van der Waals surface area contributed by atoms with E-state index in [0.717, 1.165) is 35.1 Å². The smallest absolute Gasteiger partial charge is 0.318 e. The normalized spacial score (nSPS) is 21.2. The molecule has 176 valence electrons. The second-order valence-electron chi connectivity index (χ2n) is 9.60. The van der Waals surface area contributed by atoms with Gasteiger partial charge in [-0.1, -0.05) is 17.7 Å². The van der Waals surface area contributed by atoms with Crippen molar-refractivity contribution in [2.24, 2.45) is 5.92 Å². The van der Waals surface area contributed by atoms with E-state index in [-0.39, 0.29) is 35.9 Å². The van der Waals surface area contributed by atoms with Crippen molar-refractivity contribution >= 4 is 34.4 Å². The second-order valence-corrected chi connectivity index (χ2v) is 10.0. The van der Waals surface area contributed by atoms with Crippen LogP contribution in [0.2, 0.25) is 5.02 Å². The monoisotopic (exact) mass is 479 g/mol. The summed E-state index contributed by atoms with van der Waals surface area (Å²) in [5.74, 6) is 0.354. The van der Waals surface area contributed by atoms with Crippen molar-refractivity contribution in [3.05, 3.63) is 68.7 Å². The average Bonchev–Trinajstić information content (AvgIpc) is 3.20. The number of likely N-dealkylation sites (tertiary alicyclic amines) is 1. The first-order valence-electron chi connectivity index (χ1n) is 11.8. The van der Waals surface area contributed by atoms with Gasteiger partial charge in [0, 0.05) is 65.5 Å². The zero-order chi connectivity index (χ0) is 23.4. The topological polar surface area (TPSA) is 90.4 Å². The minimum atomic E-state index is -0.232. The molecule has 2 atom stereocenters. The highest BCUT2D eigenvalue weighted by Gasteiger charge is 2.36. The molecule has 1 saturated heterocycles. The number of halogens is 1. The SMILES string of the molecule is O=C(CNC(=O)N1CCc2c([nH]c3ccc(Cl)cc23)C1)N1C[C@@H]2C[C@H](C1)c1cccc(=O)n1C2. The van der Waals surface area contributed by atoms with E-state index in [1.54, 1.807) is 17.0 Å². The number of nitrogens with zero attached hydrogens (tertiary/aromatic N) is 3. The van der Waals surface area contributed by atoms with E-state index < -0.39 is 0 Å². The molecule has 0 radical (unpaired) electrons. The van der Waals surface area contributed by atoms with Gasteiger partial charge in [0.1, 0.15) is 0 Å². The van der Waals surface area contributed by atoms with Crippen molar-refractivity contribution in [3.8, 4) is 0 Å². The maximum Gasteiger partial charge on any atom is 0.318 e. The highest BCUT2D eigenvalue weighted by atomic mass is 35.5. The van der Waals surface area contributed by atoms with Gasteiger partial charge in [-0.25, -0.2) is 4.79 Å². The van der Waals surface area contributed by atoms with E-state index in [0.29, 0.717) is 37.7 Å². The van der Waals surface area contributed by atoms with E-state index in [4.69, 9.17) is 11.6 Å². The van der Waals surface area contributed by atoms with Crippen LogP contribution >= 0.6 is 11.6 Å². The van der Waals surface area contributed by atoms with Crippen molar-refractivity contribution < 1.29 is 9.59 Å². The molecule has 2 aromatic heterocycles. The lowest BCUT2D eigenvalue weighted by molar-refractivity contribution is -0.132. The molecule has 3 aromatic rings. The standard InChI is InChI=1S/C25H26ClN5O3/c26-17-4-5-20-19(9-17)18-6-7-29(14-21(18)28-20)25(34)27-10-24(33)30-11-15-8-16(13-30)22-2-1-3-23(32)31(22)12-15/h1-5,9,15-16,28H,6-8,10-14H2,(H,27,34)/t15-,16+/m0/s1. The lowest BCUT2D eigenvalue weighted by Crippen LogP contribution is -2.52. The molecule has 5 heterocycles. The van der Waals surface area contributed by atoms with E-state index in [1.807, 2.05) is 33.7 Å². The Bertz CT molecular complexity index is 1360. The molecule has 3 aliphatic rings. The van der Waals surface area contributed by atoms with Crippen LogP contribution in [0.4, 0.5) is 4.79 Å². The average molecular weight is 480 g/mol. The number of fused-ring (bicyclic) bond motifs is 7. The highest BCUT2D eigenvalue weighted by Crippen LogP contribution is 2.35. The summed E-state index contributed by atoms with van der Waals surface area (Å²) in [6, 6.07) is 10.9. The number of aromatic nitrogens is 2. The Kier molecular flexibility index (Phi) is 5.13. The molecule has 2 bridgehead atoms. The third-order valence-corrected chi connectivity index (χ3v) is 7.68. The number of H-pyrrole nitrogens is 1. The van der Waals surface area contributed by atoms with Gasteiger partial charge in [0.05, 0.1) is 13.1 Å². The van der Waals surface area contributed by atoms with Crippen LogP contribution in [-0.4, -0.2) is 57.5 Å². The summed E-state index contributed by atoms with van der Waals surface area (Å²) >= 11 is 6.16. The number of carbonyl (C=O) groups excluding carboxylic acids is 2. The summed E-state index contributed by atoms with van der Waals surface area (Å²) < 4.78 is 1.85. The molecule has 1 aromatic carbocycles. The Hall–Kier alpha value is -3.26. The van der Waals surface area contributed by atoms with E-state index in [9.17, 15) is 14.4 Å². The number of hydrogen-bond acceptors (Lipinski definition) is 3. The number of pyridine rings is 1. The summed E-state index contributed by atoms with van der Waals surface area (Å²) in [6.45, 7) is 2.89. The number of carbonyl (C=O) groups is 2. The molecule has 9 heteroatoms. The zero-order valence-electron chi connectivity index (χ0n) is 18.7. The van der Waals surface area contributed by atoms with Crippen LogP contribution in [-0.2, 0) is 24.3 Å². The Labute approximate surface area is 201 Å². The van der Waals surface area contributed by atoms with E-state index >= 15 is 0 Å². The quantitative estimate of drug-likeness (QED) is 0.592. The molecule has 34 heavy (non-hydrogen) atoms. The molecular weight excluding hydrogens is 454 g/mol. The first kappa shape index (κ1) is 21.3. The van der Waals surface area contributed by atoms with Gasteiger partial charge >= 0.3 is 6.03 Å². The fourth-order valence-corrected chi connectivity index (χ4v) is 6.03. The molecule has 8 nitrogen and oxygen atoms in total. The summed E-state index contributed by atoms with van der Waals surface area (Å²) in [4.78, 5) is 45.0. The molecule has 3 aliphatic heterocycles. The van der Waals surface area contributed by atoms with Crippen molar-refractivity contribution in [3.63, 3.8) is 0 Å². The van der Waals surface area contributed by atoms with Crippen molar-refractivity contribution in [1.29, 1.82) is 0 Å². The lowest BCUT2D eigenvalue weighted by atomic mass is 9.83. The van der Waals surface area contributed by atoms with Gasteiger partial charge in [0.25, 0.3) is 5.56 Å². The number of urea groups is 1. The highest BCUT2D eigenvalue weighted by molar-refractivity contribution is 6.31. The van der Waals surface area contributed by atoms with E-state index in [1.165, 1.54) is 5.56 Å². The molecule has 3 amide bonds. The van der Waals surface area contributed by atoms with Gasteiger partial charge in [-0.3, -0.25) is 9.59 Å². The number of rotatable bonds is 2. The van der Waals surface area contributed by atoms with Crippen LogP contribution < -0.4 is 10.9 Å². The van der Waals surface area contributed by atoms with E-state index in [2.05, 4.69) is 10.3 Å². The minimum Gasteiger partial charge on any atom is -0.357 e. The molecule has 0 spiro atoms. The molecule has 6 rings (SSSR count). The number of aromatic amines is 1. The van der Waals surface area contributed by atoms with Crippen molar-refractivity contribution in [2.75, 3.05) is 26.2 Å². The fraction of sp³-hybridized carbons (Fsp3) is 0.400. The van der Waals surface area contributed by atoms with Gasteiger partial charge in [-0.2, -0.15) is 0 Å². The molecule has 0 aliphatic carbocycles. The maximum atomic E-state index is 12.9. The van der Waals surface area contributed by atoms with Crippen LogP contribution in [0.5, 0.6) is 0 Å². The first-order chi connectivity index (χ1) is 16.5. The predicted octanol–water partition coefficient (Wildman–Crippen LogP) is 2.70. The zero-order valence-corrected chi connectivity index (χ0v) is 19.5. The summed E-state index contributed by atoms with van der Waals surface area (Å²) in [7, 11) is 0. The Morgan fingerprint density at radius 1 is 1.12 bits per heavy atom. The molecule has 0 unspecified atom stereocenters. The van der Waals surface area contributed by atoms with Crippen LogP contribution in [0.1, 0.15) is 29.3 Å². The summed E-state index contributed by atoms with van der Waals surface area (Å²) in [6.07, 6.45) is 1.73. The van der Waals surface area contributed by atoms with Gasteiger partial charge in [-0.05, 0) is 48.6 Å². The third-order valence-electron chi connectivity index (χ3n) is 7.45.